The predicted molar refractivity (Wildman–Crippen MR) is 210 cm³/mol. The molecule has 10 heteroatoms. The summed E-state index contributed by atoms with van der Waals surface area (Å²) < 4.78 is 33.3. The SMILES string of the molecule is CCC/C=C\CCCCCCCC(=O)OC(COCCCCCCCCCCCC/C=C\CCCCCCCC)COP(=O)(O)OCC(O)CO. The van der Waals surface area contributed by atoms with Crippen molar-refractivity contribution in [2.24, 2.45) is 0 Å². The molecule has 0 radical (unpaired) electrons. The summed E-state index contributed by atoms with van der Waals surface area (Å²) in [7, 11) is -4.51. The quantitative estimate of drug-likeness (QED) is 0.0242. The van der Waals surface area contributed by atoms with E-state index in [1.807, 2.05) is 0 Å². The minimum atomic E-state index is -4.51. The summed E-state index contributed by atoms with van der Waals surface area (Å²) in [5.41, 5.74) is 0. The van der Waals surface area contributed by atoms with Crippen molar-refractivity contribution in [2.45, 2.75) is 199 Å². The molecule has 0 aromatic carbocycles. The van der Waals surface area contributed by atoms with Gasteiger partial charge in [0.2, 0.25) is 0 Å². The lowest BCUT2D eigenvalue weighted by molar-refractivity contribution is -0.154. The van der Waals surface area contributed by atoms with Gasteiger partial charge in [0.25, 0.3) is 0 Å². The third kappa shape index (κ3) is 38.5. The predicted octanol–water partition coefficient (Wildman–Crippen LogP) is 11.1. The minimum absolute atomic E-state index is 0.0471. The van der Waals surface area contributed by atoms with Crippen LogP contribution in [-0.4, -0.2) is 66.3 Å². The van der Waals surface area contributed by atoms with E-state index in [1.165, 1.54) is 103 Å². The van der Waals surface area contributed by atoms with E-state index >= 15 is 0 Å². The number of allylic oxidation sites excluding steroid dienone is 4. The maximum Gasteiger partial charge on any atom is 0.472 e. The van der Waals surface area contributed by atoms with Crippen LogP contribution in [0.15, 0.2) is 24.3 Å². The average molecular weight is 747 g/mol. The van der Waals surface area contributed by atoms with E-state index < -0.39 is 39.2 Å². The standard InChI is InChI=1S/C41H79O9P/c1-3-5-7-9-11-13-15-16-17-18-19-20-21-22-23-24-26-28-30-32-34-47-37-40(38-49-51(45,46)48-36-39(43)35-42)50-41(44)33-31-29-27-25-14-12-10-8-6-4-2/h8,10,16-17,39-40,42-43H,3-7,9,11-15,18-38H2,1-2H3,(H,45,46)/b10-8-,17-16-. The molecule has 0 aromatic rings. The number of carbonyl (C=O) groups is 1. The molecule has 51 heavy (non-hydrogen) atoms. The third-order valence-corrected chi connectivity index (χ3v) is 9.79. The zero-order valence-corrected chi connectivity index (χ0v) is 33.7. The van der Waals surface area contributed by atoms with Crippen molar-refractivity contribution in [3.05, 3.63) is 24.3 Å². The molecule has 0 bridgehead atoms. The maximum atomic E-state index is 12.5. The van der Waals surface area contributed by atoms with Crippen molar-refractivity contribution in [1.29, 1.82) is 0 Å². The molecule has 3 unspecified atom stereocenters. The highest BCUT2D eigenvalue weighted by Crippen LogP contribution is 2.43. The summed E-state index contributed by atoms with van der Waals surface area (Å²) in [6.45, 7) is 3.45. The van der Waals surface area contributed by atoms with Crippen LogP contribution in [0.1, 0.15) is 187 Å². The zero-order chi connectivity index (χ0) is 37.5. The molecule has 0 saturated carbocycles. The van der Waals surface area contributed by atoms with Gasteiger partial charge in [-0.3, -0.25) is 13.8 Å². The maximum absolute atomic E-state index is 12.5. The Balaban J connectivity index is 4.09. The van der Waals surface area contributed by atoms with Gasteiger partial charge in [0.05, 0.1) is 26.4 Å². The van der Waals surface area contributed by atoms with Crippen LogP contribution in [0, 0.1) is 0 Å². The summed E-state index contributed by atoms with van der Waals surface area (Å²) in [5.74, 6) is -0.394. The van der Waals surface area contributed by atoms with Crippen molar-refractivity contribution in [3.8, 4) is 0 Å². The van der Waals surface area contributed by atoms with Gasteiger partial charge in [-0.15, -0.1) is 0 Å². The Morgan fingerprint density at radius 3 is 1.55 bits per heavy atom. The summed E-state index contributed by atoms with van der Waals surface area (Å²) in [5, 5.41) is 18.3. The van der Waals surface area contributed by atoms with Crippen LogP contribution in [0.2, 0.25) is 0 Å². The first-order valence-corrected chi connectivity index (χ1v) is 22.3. The number of esters is 1. The van der Waals surface area contributed by atoms with E-state index in [2.05, 4.69) is 38.2 Å². The van der Waals surface area contributed by atoms with Crippen LogP contribution in [-0.2, 0) is 27.9 Å². The number of hydrogen-bond donors (Lipinski definition) is 3. The molecule has 3 atom stereocenters. The number of rotatable bonds is 40. The molecule has 0 aliphatic carbocycles. The van der Waals surface area contributed by atoms with Crippen LogP contribution < -0.4 is 0 Å². The Kier molecular flexibility index (Phi) is 37.9. The summed E-state index contributed by atoms with van der Waals surface area (Å²) in [4.78, 5) is 22.5. The van der Waals surface area contributed by atoms with Crippen LogP contribution in [0.5, 0.6) is 0 Å². The van der Waals surface area contributed by atoms with Gasteiger partial charge in [0.1, 0.15) is 12.2 Å². The number of phosphoric ester groups is 1. The average Bonchev–Trinajstić information content (AvgIpc) is 3.12. The number of aliphatic hydroxyl groups is 2. The van der Waals surface area contributed by atoms with E-state index in [-0.39, 0.29) is 19.6 Å². The molecular formula is C41H79O9P. The lowest BCUT2D eigenvalue weighted by atomic mass is 10.1. The fraction of sp³-hybridized carbons (Fsp3) is 0.878. The van der Waals surface area contributed by atoms with Crippen molar-refractivity contribution >= 4 is 13.8 Å². The van der Waals surface area contributed by atoms with Gasteiger partial charge in [0.15, 0.2) is 0 Å². The molecule has 0 aromatic heterocycles. The molecule has 0 aliphatic rings. The molecule has 0 rings (SSSR count). The first-order valence-electron chi connectivity index (χ1n) is 20.8. The van der Waals surface area contributed by atoms with Crippen LogP contribution in [0.25, 0.3) is 0 Å². The largest absolute Gasteiger partial charge is 0.472 e. The summed E-state index contributed by atoms with van der Waals surface area (Å²) in [6, 6.07) is 0. The number of aliphatic hydroxyl groups excluding tert-OH is 2. The van der Waals surface area contributed by atoms with Gasteiger partial charge >= 0.3 is 13.8 Å². The normalized spacial score (nSPS) is 14.4. The smallest absolute Gasteiger partial charge is 0.457 e. The highest BCUT2D eigenvalue weighted by molar-refractivity contribution is 7.47. The van der Waals surface area contributed by atoms with E-state index in [9.17, 15) is 19.4 Å². The topological polar surface area (TPSA) is 132 Å². The fourth-order valence-corrected chi connectivity index (χ4v) is 6.44. The van der Waals surface area contributed by atoms with Gasteiger partial charge in [-0.2, -0.15) is 0 Å². The van der Waals surface area contributed by atoms with Crippen LogP contribution in [0.4, 0.5) is 0 Å². The Hall–Kier alpha value is -1.06. The number of carbonyl (C=O) groups excluding carboxylic acids is 1. The fourth-order valence-electron chi connectivity index (χ4n) is 5.65. The van der Waals surface area contributed by atoms with Gasteiger partial charge in [-0.05, 0) is 57.8 Å². The highest BCUT2D eigenvalue weighted by atomic mass is 31.2. The first kappa shape index (κ1) is 49.9. The molecule has 0 spiro atoms. The summed E-state index contributed by atoms with van der Waals surface area (Å²) >= 11 is 0. The monoisotopic (exact) mass is 747 g/mol. The second-order valence-electron chi connectivity index (χ2n) is 14.0. The van der Waals surface area contributed by atoms with Crippen LogP contribution in [0.3, 0.4) is 0 Å². The van der Waals surface area contributed by atoms with Crippen molar-refractivity contribution < 1.29 is 43.0 Å². The van der Waals surface area contributed by atoms with Crippen LogP contribution >= 0.6 is 7.82 Å². The molecule has 3 N–H and O–H groups in total. The molecule has 0 fully saturated rings. The first-order chi connectivity index (χ1) is 24.8. The summed E-state index contributed by atoms with van der Waals surface area (Å²) in [6.07, 6.45) is 38.6. The molecule has 0 aliphatic heterocycles. The Morgan fingerprint density at radius 1 is 0.588 bits per heavy atom. The number of unbranched alkanes of at least 4 members (excludes halogenated alkanes) is 22. The highest BCUT2D eigenvalue weighted by Gasteiger charge is 2.26. The lowest BCUT2D eigenvalue weighted by Gasteiger charge is -2.20. The second kappa shape index (κ2) is 38.7. The minimum Gasteiger partial charge on any atom is -0.457 e. The number of hydrogen-bond acceptors (Lipinski definition) is 8. The van der Waals surface area contributed by atoms with E-state index in [1.54, 1.807) is 0 Å². The molecule has 0 amide bonds. The van der Waals surface area contributed by atoms with E-state index in [4.69, 9.17) is 23.6 Å². The van der Waals surface area contributed by atoms with Gasteiger partial charge in [-0.1, -0.05) is 147 Å². The number of ether oxygens (including phenoxy) is 2. The van der Waals surface area contributed by atoms with E-state index in [0.717, 1.165) is 64.2 Å². The number of phosphoric acid groups is 1. The zero-order valence-electron chi connectivity index (χ0n) is 32.8. The Bertz CT molecular complexity index is 851. The lowest BCUT2D eigenvalue weighted by Crippen LogP contribution is -2.29. The van der Waals surface area contributed by atoms with Gasteiger partial charge in [0, 0.05) is 13.0 Å². The molecule has 0 heterocycles. The van der Waals surface area contributed by atoms with E-state index in [0.29, 0.717) is 6.61 Å². The third-order valence-electron chi connectivity index (χ3n) is 8.84. The van der Waals surface area contributed by atoms with Crippen molar-refractivity contribution in [3.63, 3.8) is 0 Å². The van der Waals surface area contributed by atoms with Gasteiger partial charge in [-0.25, -0.2) is 4.57 Å². The molecular weight excluding hydrogens is 667 g/mol. The Morgan fingerprint density at radius 2 is 1.04 bits per heavy atom. The van der Waals surface area contributed by atoms with Crippen molar-refractivity contribution in [1.82, 2.24) is 0 Å². The van der Waals surface area contributed by atoms with Crippen molar-refractivity contribution in [2.75, 3.05) is 33.0 Å². The second-order valence-corrected chi connectivity index (χ2v) is 15.5. The molecule has 0 saturated heterocycles. The van der Waals surface area contributed by atoms with Gasteiger partial charge < -0.3 is 24.6 Å². The molecule has 302 valence electrons. The molecule has 9 nitrogen and oxygen atoms in total. The Labute approximate surface area is 313 Å².